The van der Waals surface area contributed by atoms with Gasteiger partial charge in [0.15, 0.2) is 5.82 Å². The summed E-state index contributed by atoms with van der Waals surface area (Å²) in [6, 6.07) is 25.8. The zero-order valence-corrected chi connectivity index (χ0v) is 22.4. The van der Waals surface area contributed by atoms with Crippen LogP contribution in [0, 0.1) is 0 Å². The molecule has 8 heteroatoms. The average molecular weight is 547 g/mol. The summed E-state index contributed by atoms with van der Waals surface area (Å²) in [7, 11) is 0. The summed E-state index contributed by atoms with van der Waals surface area (Å²) in [6.45, 7) is 1.54. The highest BCUT2D eigenvalue weighted by molar-refractivity contribution is 7.81. The van der Waals surface area contributed by atoms with Crippen LogP contribution in [-0.4, -0.2) is 19.2 Å². The van der Waals surface area contributed by atoms with Crippen molar-refractivity contribution in [1.29, 1.82) is 0 Å². The summed E-state index contributed by atoms with van der Waals surface area (Å²) < 4.78 is 4.39. The largest absolute Gasteiger partial charge is 0.378 e. The molecule has 5 aromatic rings. The van der Waals surface area contributed by atoms with Crippen molar-refractivity contribution in [2.24, 2.45) is 0 Å². The molecule has 0 atom stereocenters. The second-order valence-electron chi connectivity index (χ2n) is 9.15. The molecular formula is C29H25Cl2N5S. The van der Waals surface area contributed by atoms with E-state index in [1.807, 2.05) is 59.1 Å². The van der Waals surface area contributed by atoms with Gasteiger partial charge in [0.1, 0.15) is 16.3 Å². The summed E-state index contributed by atoms with van der Waals surface area (Å²) in [5.41, 5.74) is 7.42. The zero-order chi connectivity index (χ0) is 25.4. The van der Waals surface area contributed by atoms with Gasteiger partial charge in [0.25, 0.3) is 0 Å². The molecule has 0 radical (unpaired) electrons. The van der Waals surface area contributed by atoms with Gasteiger partial charge >= 0.3 is 0 Å². The Morgan fingerprint density at radius 1 is 0.865 bits per heavy atom. The molecule has 186 valence electrons. The Balaban J connectivity index is 1.50. The Bertz CT molecular complexity index is 1570. The Morgan fingerprint density at radius 2 is 1.57 bits per heavy atom. The number of para-hydroxylation sites is 1. The van der Waals surface area contributed by atoms with E-state index in [1.54, 1.807) is 0 Å². The third-order valence-corrected chi connectivity index (χ3v) is 7.54. The summed E-state index contributed by atoms with van der Waals surface area (Å²) in [5.74, 6) is 0.986. The maximum atomic E-state index is 6.24. The van der Waals surface area contributed by atoms with Crippen molar-refractivity contribution in [1.82, 2.24) is 14.2 Å². The van der Waals surface area contributed by atoms with Crippen LogP contribution in [0.4, 0.5) is 11.4 Å². The van der Waals surface area contributed by atoms with Crippen molar-refractivity contribution in [3.05, 3.63) is 106 Å². The standard InChI is InChI=1S/C29H25Cl2N5S/c30-20-11-9-19(10-12-20)26-24-8-4-5-17-35-25(18-32-22-6-2-1-3-7-22)34-36(29(24)35)27(26)28(37)33-23-15-13-21(31)14-16-23/h1-3,6-7,9-16,32H,4-5,8,17-18H2,(H,33,37). The zero-order valence-electron chi connectivity index (χ0n) is 20.0. The average Bonchev–Trinajstić information content (AvgIpc) is 3.31. The Morgan fingerprint density at radius 3 is 2.30 bits per heavy atom. The molecule has 0 saturated carbocycles. The molecule has 0 saturated heterocycles. The van der Waals surface area contributed by atoms with Gasteiger partial charge in [-0.15, -0.1) is 0 Å². The summed E-state index contributed by atoms with van der Waals surface area (Å²) in [5, 5.41) is 13.5. The van der Waals surface area contributed by atoms with Gasteiger partial charge in [0.05, 0.1) is 6.54 Å². The van der Waals surface area contributed by atoms with E-state index in [2.05, 4.69) is 39.5 Å². The number of nitrogens with zero attached hydrogens (tertiary/aromatic N) is 3. The van der Waals surface area contributed by atoms with Crippen LogP contribution in [0.3, 0.4) is 0 Å². The lowest BCUT2D eigenvalue weighted by Crippen LogP contribution is -2.15. The fourth-order valence-corrected chi connectivity index (χ4v) is 5.59. The molecule has 1 aliphatic heterocycles. The van der Waals surface area contributed by atoms with E-state index >= 15 is 0 Å². The first-order valence-corrected chi connectivity index (χ1v) is 13.5. The molecule has 0 aliphatic carbocycles. The molecule has 2 aromatic heterocycles. The lowest BCUT2D eigenvalue weighted by molar-refractivity contribution is 0.619. The number of anilines is 2. The van der Waals surface area contributed by atoms with Crippen LogP contribution in [0.25, 0.3) is 16.8 Å². The molecule has 3 aromatic carbocycles. The van der Waals surface area contributed by atoms with Crippen LogP contribution in [-0.2, 0) is 19.5 Å². The highest BCUT2D eigenvalue weighted by Gasteiger charge is 2.29. The topological polar surface area (TPSA) is 46.3 Å². The second-order valence-corrected chi connectivity index (χ2v) is 10.4. The number of thiocarbonyl (C=S) groups is 1. The smallest absolute Gasteiger partial charge is 0.150 e. The van der Waals surface area contributed by atoms with E-state index in [9.17, 15) is 0 Å². The highest BCUT2D eigenvalue weighted by atomic mass is 35.5. The van der Waals surface area contributed by atoms with Gasteiger partial charge in [0.2, 0.25) is 0 Å². The highest BCUT2D eigenvalue weighted by Crippen LogP contribution is 2.37. The lowest BCUT2D eigenvalue weighted by atomic mass is 9.98. The van der Waals surface area contributed by atoms with Crippen molar-refractivity contribution in [3.8, 4) is 11.1 Å². The molecule has 0 fully saturated rings. The van der Waals surface area contributed by atoms with Crippen molar-refractivity contribution < 1.29 is 0 Å². The number of benzene rings is 3. The number of hydrogen-bond donors (Lipinski definition) is 2. The minimum Gasteiger partial charge on any atom is -0.378 e. The first-order valence-electron chi connectivity index (χ1n) is 12.3. The number of aryl methyl sites for hydroxylation is 2. The monoisotopic (exact) mass is 545 g/mol. The van der Waals surface area contributed by atoms with Crippen LogP contribution in [0.2, 0.25) is 10.0 Å². The first-order chi connectivity index (χ1) is 18.1. The Hall–Kier alpha value is -3.32. The number of nitrogens with one attached hydrogen (secondary N) is 2. The maximum Gasteiger partial charge on any atom is 0.150 e. The fraction of sp³-hybridized carbons (Fsp3) is 0.172. The molecule has 0 unspecified atom stereocenters. The Labute approximate surface area is 231 Å². The maximum absolute atomic E-state index is 6.24. The van der Waals surface area contributed by atoms with Gasteiger partial charge < -0.3 is 15.2 Å². The molecule has 6 rings (SSSR count). The normalized spacial score (nSPS) is 12.9. The van der Waals surface area contributed by atoms with Crippen LogP contribution in [0.1, 0.15) is 29.9 Å². The van der Waals surface area contributed by atoms with Crippen molar-refractivity contribution in [2.75, 3.05) is 10.6 Å². The predicted octanol–water partition coefficient (Wildman–Crippen LogP) is 7.85. The minimum atomic E-state index is 0.612. The summed E-state index contributed by atoms with van der Waals surface area (Å²) in [4.78, 5) is 0.612. The van der Waals surface area contributed by atoms with Crippen LogP contribution in [0.5, 0.6) is 0 Å². The Kier molecular flexibility index (Phi) is 6.63. The van der Waals surface area contributed by atoms with Gasteiger partial charge in [-0.2, -0.15) is 5.10 Å². The number of hydrogen-bond acceptors (Lipinski definition) is 3. The van der Waals surface area contributed by atoms with Crippen LogP contribution >= 0.6 is 35.4 Å². The molecule has 37 heavy (non-hydrogen) atoms. The molecule has 0 spiro atoms. The van der Waals surface area contributed by atoms with Crippen molar-refractivity contribution >= 4 is 57.4 Å². The van der Waals surface area contributed by atoms with Crippen LogP contribution < -0.4 is 10.6 Å². The molecule has 3 heterocycles. The quantitative estimate of drug-likeness (QED) is 0.213. The number of rotatable bonds is 6. The van der Waals surface area contributed by atoms with Gasteiger partial charge in [-0.05, 0) is 73.4 Å². The summed E-state index contributed by atoms with van der Waals surface area (Å²) in [6.07, 6.45) is 3.16. The summed E-state index contributed by atoms with van der Waals surface area (Å²) >= 11 is 18.4. The van der Waals surface area contributed by atoms with Crippen LogP contribution in [0.15, 0.2) is 78.9 Å². The van der Waals surface area contributed by atoms with Crippen molar-refractivity contribution in [2.45, 2.75) is 32.4 Å². The molecule has 5 nitrogen and oxygen atoms in total. The molecular weight excluding hydrogens is 521 g/mol. The third-order valence-electron chi connectivity index (χ3n) is 6.74. The fourth-order valence-electron chi connectivity index (χ4n) is 5.03. The first kappa shape index (κ1) is 24.0. The molecule has 0 amide bonds. The van der Waals surface area contributed by atoms with Gasteiger partial charge in [-0.3, -0.25) is 0 Å². The minimum absolute atomic E-state index is 0.612. The second kappa shape index (κ2) is 10.2. The van der Waals surface area contributed by atoms with Gasteiger partial charge in [-0.1, -0.05) is 65.8 Å². The van der Waals surface area contributed by atoms with Gasteiger partial charge in [-0.25, -0.2) is 4.52 Å². The van der Waals surface area contributed by atoms with E-state index < -0.39 is 0 Å². The van der Waals surface area contributed by atoms with Crippen molar-refractivity contribution in [3.63, 3.8) is 0 Å². The SMILES string of the molecule is S=C(Nc1ccc(Cl)cc1)c1c(-c2ccc(Cl)cc2)c2c3n(c(CNc4ccccc4)nn13)CCCC2. The molecule has 2 N–H and O–H groups in total. The third kappa shape index (κ3) is 4.73. The number of aromatic nitrogens is 3. The molecule has 1 aliphatic rings. The molecule has 0 bridgehead atoms. The lowest BCUT2D eigenvalue weighted by Gasteiger charge is -2.12. The van der Waals surface area contributed by atoms with E-state index in [4.69, 9.17) is 40.5 Å². The number of halogens is 2. The van der Waals surface area contributed by atoms with E-state index in [1.165, 1.54) is 5.56 Å². The van der Waals surface area contributed by atoms with Gasteiger partial charge in [0, 0.05) is 39.1 Å². The predicted molar refractivity (Wildman–Crippen MR) is 157 cm³/mol. The van der Waals surface area contributed by atoms with E-state index in [0.29, 0.717) is 21.6 Å². The van der Waals surface area contributed by atoms with E-state index in [0.717, 1.165) is 65.5 Å². The van der Waals surface area contributed by atoms with E-state index in [-0.39, 0.29) is 0 Å².